The molecule has 32 heavy (non-hydrogen) atoms. The Balaban J connectivity index is 1.86. The Morgan fingerprint density at radius 2 is 1.75 bits per heavy atom. The average molecular weight is 475 g/mol. The molecule has 0 saturated carbocycles. The van der Waals surface area contributed by atoms with Crippen LogP contribution in [0.1, 0.15) is 21.6 Å². The highest BCUT2D eigenvalue weighted by molar-refractivity contribution is 6.34. The first-order chi connectivity index (χ1) is 15.3. The van der Waals surface area contributed by atoms with Crippen LogP contribution in [0.3, 0.4) is 0 Å². The minimum Gasteiger partial charge on any atom is -0.493 e. The van der Waals surface area contributed by atoms with Crippen molar-refractivity contribution in [2.45, 2.75) is 6.42 Å². The predicted octanol–water partition coefficient (Wildman–Crippen LogP) is 4.06. The zero-order valence-corrected chi connectivity index (χ0v) is 19.8. The average Bonchev–Trinajstić information content (AvgIpc) is 3.28. The number of ether oxygens (including phenoxy) is 2. The molecule has 7 nitrogen and oxygen atoms in total. The van der Waals surface area contributed by atoms with Crippen LogP contribution in [0.2, 0.25) is 10.0 Å². The number of rotatable bonds is 7. The first-order valence-electron chi connectivity index (χ1n) is 10.1. The third-order valence-electron chi connectivity index (χ3n) is 5.37. The van der Waals surface area contributed by atoms with E-state index < -0.39 is 0 Å². The summed E-state index contributed by atoms with van der Waals surface area (Å²) in [5.41, 5.74) is 4.66. The number of fused-ring (bicyclic) bond motifs is 3. The lowest BCUT2D eigenvalue weighted by Crippen LogP contribution is -2.32. The van der Waals surface area contributed by atoms with Crippen molar-refractivity contribution in [2.24, 2.45) is 0 Å². The second kappa shape index (κ2) is 9.02. The van der Waals surface area contributed by atoms with Crippen LogP contribution in [0.5, 0.6) is 11.5 Å². The van der Waals surface area contributed by atoms with Crippen molar-refractivity contribution >= 4 is 29.1 Å². The minimum absolute atomic E-state index is 0.221. The highest BCUT2D eigenvalue weighted by Gasteiger charge is 2.32. The molecule has 0 fully saturated rings. The Bertz CT molecular complexity index is 1170. The van der Waals surface area contributed by atoms with Gasteiger partial charge in [0.1, 0.15) is 0 Å². The van der Waals surface area contributed by atoms with E-state index in [-0.39, 0.29) is 5.91 Å². The number of nitrogens with one attached hydrogen (secondary N) is 1. The van der Waals surface area contributed by atoms with Gasteiger partial charge in [0.15, 0.2) is 17.2 Å². The number of benzene rings is 2. The topological polar surface area (TPSA) is 68.6 Å². The number of amides is 1. The molecule has 0 radical (unpaired) electrons. The van der Waals surface area contributed by atoms with Gasteiger partial charge in [-0.25, -0.2) is 4.68 Å². The van der Waals surface area contributed by atoms with Crippen LogP contribution in [0, 0.1) is 0 Å². The van der Waals surface area contributed by atoms with Gasteiger partial charge in [0, 0.05) is 40.7 Å². The Labute approximate surface area is 196 Å². The number of halogens is 2. The molecule has 9 heteroatoms. The standard InChI is InChI=1S/C23H24Cl2N4O3/c1-28(2)6-5-26-23(30)21-18-7-13-8-19(31-3)20(32-4)12-17(13)22(18)29(27-21)16-10-14(24)9-15(25)11-16/h8-12H,5-7H2,1-4H3,(H,26,30). The summed E-state index contributed by atoms with van der Waals surface area (Å²) in [5, 5.41) is 8.61. The fourth-order valence-corrected chi connectivity index (χ4v) is 4.39. The molecule has 168 valence electrons. The minimum atomic E-state index is -0.221. The van der Waals surface area contributed by atoms with Gasteiger partial charge in [-0.05, 0) is 50.0 Å². The Kier molecular flexibility index (Phi) is 6.33. The molecule has 1 aliphatic rings. The van der Waals surface area contributed by atoms with E-state index in [1.165, 1.54) is 0 Å². The maximum Gasteiger partial charge on any atom is 0.272 e. The van der Waals surface area contributed by atoms with Gasteiger partial charge in [0.2, 0.25) is 0 Å². The van der Waals surface area contributed by atoms with E-state index in [1.54, 1.807) is 37.1 Å². The molecule has 2 aromatic carbocycles. The molecule has 0 spiro atoms. The predicted molar refractivity (Wildman–Crippen MR) is 126 cm³/mol. The van der Waals surface area contributed by atoms with E-state index in [0.717, 1.165) is 28.9 Å². The molecular formula is C23H24Cl2N4O3. The second-order valence-corrected chi connectivity index (χ2v) is 8.69. The van der Waals surface area contributed by atoms with E-state index in [9.17, 15) is 4.79 Å². The highest BCUT2D eigenvalue weighted by Crippen LogP contribution is 2.45. The first-order valence-corrected chi connectivity index (χ1v) is 10.8. The molecule has 0 unspecified atom stereocenters. The number of nitrogens with zero attached hydrogens (tertiary/aromatic N) is 3. The van der Waals surface area contributed by atoms with Crippen molar-refractivity contribution < 1.29 is 14.3 Å². The van der Waals surface area contributed by atoms with Crippen LogP contribution in [0.15, 0.2) is 30.3 Å². The summed E-state index contributed by atoms with van der Waals surface area (Å²) in [6, 6.07) is 9.06. The maximum absolute atomic E-state index is 13.1. The Hall–Kier alpha value is -2.74. The van der Waals surface area contributed by atoms with E-state index in [1.807, 2.05) is 31.1 Å². The molecule has 1 N–H and O–H groups in total. The van der Waals surface area contributed by atoms with Crippen LogP contribution < -0.4 is 14.8 Å². The molecule has 0 bridgehead atoms. The first kappa shape index (κ1) is 22.5. The third-order valence-corrected chi connectivity index (χ3v) is 5.80. The number of hydrogen-bond donors (Lipinski definition) is 1. The van der Waals surface area contributed by atoms with Crippen LogP contribution in [0.25, 0.3) is 16.9 Å². The van der Waals surface area contributed by atoms with Crippen molar-refractivity contribution in [3.05, 3.63) is 57.2 Å². The second-order valence-electron chi connectivity index (χ2n) is 7.82. The van der Waals surface area contributed by atoms with Gasteiger partial charge >= 0.3 is 0 Å². The van der Waals surface area contributed by atoms with Gasteiger partial charge in [0.25, 0.3) is 5.91 Å². The van der Waals surface area contributed by atoms with Crippen molar-refractivity contribution in [3.63, 3.8) is 0 Å². The lowest BCUT2D eigenvalue weighted by atomic mass is 10.1. The summed E-state index contributed by atoms with van der Waals surface area (Å²) < 4.78 is 12.7. The summed E-state index contributed by atoms with van der Waals surface area (Å²) in [6.07, 6.45) is 0.551. The summed E-state index contributed by atoms with van der Waals surface area (Å²) in [4.78, 5) is 15.1. The Morgan fingerprint density at radius 1 is 1.09 bits per heavy atom. The van der Waals surface area contributed by atoms with E-state index in [4.69, 9.17) is 32.7 Å². The van der Waals surface area contributed by atoms with Crippen molar-refractivity contribution in [1.29, 1.82) is 0 Å². The monoisotopic (exact) mass is 474 g/mol. The molecule has 0 saturated heterocycles. The number of hydrogen-bond acceptors (Lipinski definition) is 5. The fraction of sp³-hybridized carbons (Fsp3) is 0.304. The van der Waals surface area contributed by atoms with Crippen molar-refractivity contribution in [3.8, 4) is 28.4 Å². The van der Waals surface area contributed by atoms with Crippen molar-refractivity contribution in [2.75, 3.05) is 41.4 Å². The zero-order valence-electron chi connectivity index (χ0n) is 18.3. The third kappa shape index (κ3) is 4.16. The molecule has 1 aliphatic carbocycles. The number of carbonyl (C=O) groups excluding carboxylic acids is 1. The summed E-state index contributed by atoms with van der Waals surface area (Å²) in [5.74, 6) is 1.02. The molecule has 1 aromatic heterocycles. The van der Waals surface area contributed by atoms with E-state index in [2.05, 4.69) is 10.4 Å². The van der Waals surface area contributed by atoms with Gasteiger partial charge in [-0.1, -0.05) is 23.2 Å². The lowest BCUT2D eigenvalue weighted by molar-refractivity contribution is 0.0945. The molecule has 0 aliphatic heterocycles. The number of methoxy groups -OCH3 is 2. The molecule has 3 aromatic rings. The van der Waals surface area contributed by atoms with E-state index >= 15 is 0 Å². The van der Waals surface area contributed by atoms with Gasteiger partial charge < -0.3 is 19.7 Å². The fourth-order valence-electron chi connectivity index (χ4n) is 3.88. The lowest BCUT2D eigenvalue weighted by Gasteiger charge is -2.13. The van der Waals surface area contributed by atoms with Crippen LogP contribution in [-0.2, 0) is 6.42 Å². The van der Waals surface area contributed by atoms with Gasteiger partial charge in [-0.3, -0.25) is 4.79 Å². The summed E-state index contributed by atoms with van der Waals surface area (Å²) >= 11 is 12.5. The van der Waals surface area contributed by atoms with Gasteiger partial charge in [-0.2, -0.15) is 5.10 Å². The van der Waals surface area contributed by atoms with Crippen LogP contribution >= 0.6 is 23.2 Å². The maximum atomic E-state index is 13.1. The van der Waals surface area contributed by atoms with Crippen LogP contribution in [0.4, 0.5) is 0 Å². The normalized spacial score (nSPS) is 12.0. The van der Waals surface area contributed by atoms with Gasteiger partial charge in [-0.15, -0.1) is 0 Å². The summed E-state index contributed by atoms with van der Waals surface area (Å²) in [7, 11) is 7.11. The molecule has 0 atom stereocenters. The summed E-state index contributed by atoms with van der Waals surface area (Å²) in [6.45, 7) is 1.25. The number of likely N-dealkylation sites (N-methyl/N-ethyl adjacent to an activating group) is 1. The highest BCUT2D eigenvalue weighted by atomic mass is 35.5. The quantitative estimate of drug-likeness (QED) is 0.437. The zero-order chi connectivity index (χ0) is 23.0. The van der Waals surface area contributed by atoms with E-state index in [0.29, 0.717) is 45.9 Å². The molecule has 1 heterocycles. The number of aromatic nitrogens is 2. The van der Waals surface area contributed by atoms with Crippen LogP contribution in [-0.4, -0.2) is 62.0 Å². The molecule has 4 rings (SSSR count). The number of carbonyl (C=O) groups is 1. The largest absolute Gasteiger partial charge is 0.493 e. The molecular weight excluding hydrogens is 451 g/mol. The van der Waals surface area contributed by atoms with Gasteiger partial charge in [0.05, 0.1) is 25.6 Å². The Morgan fingerprint density at radius 3 is 2.38 bits per heavy atom. The van der Waals surface area contributed by atoms with Crippen molar-refractivity contribution in [1.82, 2.24) is 20.0 Å². The smallest absolute Gasteiger partial charge is 0.272 e. The molecule has 1 amide bonds. The SMILES string of the molecule is COc1cc2c(cc1OC)-c1c(c(C(=O)NCCN(C)C)nn1-c1cc(Cl)cc(Cl)c1)C2.